The third-order valence-electron chi connectivity index (χ3n) is 1.36. The van der Waals surface area contributed by atoms with Gasteiger partial charge >= 0.3 is 8.25 Å². The Morgan fingerprint density at radius 1 is 1.20 bits per heavy atom. The van der Waals surface area contributed by atoms with Crippen LogP contribution in [0.1, 0.15) is 13.8 Å². The maximum absolute atomic E-state index is 10.1. The van der Waals surface area contributed by atoms with Gasteiger partial charge in [-0.25, -0.2) is 4.57 Å². The fourth-order valence-corrected chi connectivity index (χ4v) is 1.13. The van der Waals surface area contributed by atoms with Gasteiger partial charge in [0.1, 0.15) is 5.75 Å². The standard InChI is InChI=1S/C6H7O3P.C4H10O/c7-10(8)9-6-4-2-1-3-5-6;1-3-5-4-2/h1-5,10H,(H,7,8);3-4H2,1-2H3. The highest BCUT2D eigenvalue weighted by Gasteiger charge is 1.92. The van der Waals surface area contributed by atoms with Crippen molar-refractivity contribution in [3.8, 4) is 5.75 Å². The molecule has 15 heavy (non-hydrogen) atoms. The van der Waals surface area contributed by atoms with Crippen LogP contribution in [0.3, 0.4) is 0 Å². The second kappa shape index (κ2) is 9.71. The van der Waals surface area contributed by atoms with Gasteiger partial charge < -0.3 is 14.2 Å². The van der Waals surface area contributed by atoms with Gasteiger partial charge in [0.15, 0.2) is 0 Å². The highest BCUT2D eigenvalue weighted by atomic mass is 31.1. The summed E-state index contributed by atoms with van der Waals surface area (Å²) in [5.74, 6) is 0.425. The maximum atomic E-state index is 10.1. The molecule has 1 aromatic carbocycles. The molecule has 0 aliphatic carbocycles. The molecule has 86 valence electrons. The minimum absolute atomic E-state index is 0.425. The Bertz CT molecular complexity index is 261. The Kier molecular flexibility index (Phi) is 9.18. The Hall–Kier alpha value is -0.830. The van der Waals surface area contributed by atoms with Gasteiger partial charge in [-0.1, -0.05) is 18.2 Å². The average molecular weight is 232 g/mol. The summed E-state index contributed by atoms with van der Waals surface area (Å²) >= 11 is 0. The van der Waals surface area contributed by atoms with Gasteiger partial charge in [0.25, 0.3) is 0 Å². The Balaban J connectivity index is 0.000000336. The van der Waals surface area contributed by atoms with Crippen LogP contribution < -0.4 is 4.52 Å². The minimum Gasteiger partial charge on any atom is -0.426 e. The minimum atomic E-state index is -2.84. The van der Waals surface area contributed by atoms with E-state index in [2.05, 4.69) is 4.52 Å². The first-order valence-electron chi connectivity index (χ1n) is 4.74. The summed E-state index contributed by atoms with van der Waals surface area (Å²) in [7, 11) is -2.84. The van der Waals surface area contributed by atoms with Crippen molar-refractivity contribution in [2.75, 3.05) is 13.2 Å². The number of rotatable bonds is 4. The van der Waals surface area contributed by atoms with Crippen molar-refractivity contribution in [2.45, 2.75) is 13.8 Å². The van der Waals surface area contributed by atoms with Gasteiger partial charge in [-0.3, -0.25) is 0 Å². The summed E-state index contributed by atoms with van der Waals surface area (Å²) < 4.78 is 19.5. The molecular weight excluding hydrogens is 215 g/mol. The summed E-state index contributed by atoms with van der Waals surface area (Å²) in [6, 6.07) is 8.53. The van der Waals surface area contributed by atoms with Gasteiger partial charge in [0.2, 0.25) is 0 Å². The largest absolute Gasteiger partial charge is 0.426 e. The SMILES string of the molecule is CCOCC.O=[PH](O)Oc1ccccc1. The summed E-state index contributed by atoms with van der Waals surface area (Å²) in [5, 5.41) is 0. The van der Waals surface area contributed by atoms with Crippen LogP contribution in [-0.4, -0.2) is 18.1 Å². The van der Waals surface area contributed by atoms with E-state index in [1.165, 1.54) is 0 Å². The smallest absolute Gasteiger partial charge is 0.365 e. The van der Waals surface area contributed by atoms with Crippen molar-refractivity contribution in [1.82, 2.24) is 0 Å². The highest BCUT2D eigenvalue weighted by Crippen LogP contribution is 2.21. The molecule has 1 rings (SSSR count). The zero-order valence-electron chi connectivity index (χ0n) is 8.97. The third kappa shape index (κ3) is 9.47. The first kappa shape index (κ1) is 14.2. The van der Waals surface area contributed by atoms with Crippen LogP contribution >= 0.6 is 8.25 Å². The average Bonchev–Trinajstić information content (AvgIpc) is 2.20. The van der Waals surface area contributed by atoms with E-state index in [-0.39, 0.29) is 0 Å². The lowest BCUT2D eigenvalue weighted by Gasteiger charge is -1.98. The van der Waals surface area contributed by atoms with E-state index in [1.54, 1.807) is 30.3 Å². The predicted octanol–water partition coefficient (Wildman–Crippen LogP) is 2.49. The molecule has 0 saturated heterocycles. The fraction of sp³-hybridized carbons (Fsp3) is 0.400. The molecule has 1 atom stereocenters. The van der Waals surface area contributed by atoms with Crippen LogP contribution in [0, 0.1) is 0 Å². The van der Waals surface area contributed by atoms with Crippen LogP contribution in [0.2, 0.25) is 0 Å². The van der Waals surface area contributed by atoms with Crippen molar-refractivity contribution < 1.29 is 18.7 Å². The molecule has 0 fully saturated rings. The molecule has 0 aromatic heterocycles. The first-order chi connectivity index (χ1) is 7.20. The number of hydrogen-bond donors (Lipinski definition) is 1. The van der Waals surface area contributed by atoms with E-state index in [9.17, 15) is 4.57 Å². The van der Waals surface area contributed by atoms with Gasteiger partial charge in [0, 0.05) is 13.2 Å². The molecule has 0 bridgehead atoms. The molecule has 0 aliphatic heterocycles. The highest BCUT2D eigenvalue weighted by molar-refractivity contribution is 7.32. The van der Waals surface area contributed by atoms with E-state index in [1.807, 2.05) is 13.8 Å². The Morgan fingerprint density at radius 3 is 2.07 bits per heavy atom. The fourth-order valence-electron chi connectivity index (χ4n) is 0.793. The summed E-state index contributed by atoms with van der Waals surface area (Å²) in [5.41, 5.74) is 0. The van der Waals surface area contributed by atoms with Crippen molar-refractivity contribution in [3.63, 3.8) is 0 Å². The second-order valence-electron chi connectivity index (χ2n) is 2.46. The van der Waals surface area contributed by atoms with Gasteiger partial charge in [0.05, 0.1) is 0 Å². The second-order valence-corrected chi connectivity index (χ2v) is 3.20. The molecule has 1 unspecified atom stereocenters. The van der Waals surface area contributed by atoms with Crippen molar-refractivity contribution >= 4 is 8.25 Å². The van der Waals surface area contributed by atoms with Crippen molar-refractivity contribution in [1.29, 1.82) is 0 Å². The van der Waals surface area contributed by atoms with E-state index in [0.717, 1.165) is 13.2 Å². The zero-order chi connectivity index (χ0) is 11.5. The monoisotopic (exact) mass is 232 g/mol. The van der Waals surface area contributed by atoms with Crippen LogP contribution in [-0.2, 0) is 9.30 Å². The lowest BCUT2D eigenvalue weighted by atomic mass is 10.3. The Morgan fingerprint density at radius 2 is 1.73 bits per heavy atom. The molecule has 1 aromatic rings. The molecule has 4 nitrogen and oxygen atoms in total. The van der Waals surface area contributed by atoms with Crippen LogP contribution in [0.5, 0.6) is 5.75 Å². The lowest BCUT2D eigenvalue weighted by molar-refractivity contribution is 0.162. The zero-order valence-corrected chi connectivity index (χ0v) is 9.97. The van der Waals surface area contributed by atoms with Gasteiger partial charge in [-0.05, 0) is 26.0 Å². The van der Waals surface area contributed by atoms with Crippen LogP contribution in [0.4, 0.5) is 0 Å². The normalized spacial score (nSPS) is 11.1. The van der Waals surface area contributed by atoms with Crippen molar-refractivity contribution in [2.24, 2.45) is 0 Å². The van der Waals surface area contributed by atoms with E-state index in [0.29, 0.717) is 5.75 Å². The van der Waals surface area contributed by atoms with Gasteiger partial charge in [-0.15, -0.1) is 0 Å². The molecule has 5 heteroatoms. The molecule has 0 amide bonds. The van der Waals surface area contributed by atoms with E-state index >= 15 is 0 Å². The Labute approximate surface area is 90.8 Å². The lowest BCUT2D eigenvalue weighted by Crippen LogP contribution is -1.84. The van der Waals surface area contributed by atoms with E-state index < -0.39 is 8.25 Å². The molecular formula is C10H17O4P. The van der Waals surface area contributed by atoms with Crippen LogP contribution in [0.25, 0.3) is 0 Å². The summed E-state index contributed by atoms with van der Waals surface area (Å²) in [6.45, 7) is 5.67. The first-order valence-corrected chi connectivity index (χ1v) is 6.00. The topological polar surface area (TPSA) is 55.8 Å². The number of hydrogen-bond acceptors (Lipinski definition) is 3. The molecule has 0 saturated carbocycles. The van der Waals surface area contributed by atoms with E-state index in [4.69, 9.17) is 9.63 Å². The molecule has 0 radical (unpaired) electrons. The number of para-hydroxylation sites is 1. The third-order valence-corrected chi connectivity index (χ3v) is 1.77. The number of ether oxygens (including phenoxy) is 1. The summed E-state index contributed by atoms with van der Waals surface area (Å²) in [4.78, 5) is 8.33. The van der Waals surface area contributed by atoms with Gasteiger partial charge in [-0.2, -0.15) is 0 Å². The molecule has 1 N–H and O–H groups in total. The number of benzene rings is 1. The molecule has 0 spiro atoms. The maximum Gasteiger partial charge on any atom is 0.365 e. The molecule has 0 aliphatic rings. The summed E-state index contributed by atoms with van der Waals surface area (Å²) in [6.07, 6.45) is 0. The van der Waals surface area contributed by atoms with Crippen LogP contribution in [0.15, 0.2) is 30.3 Å². The van der Waals surface area contributed by atoms with Crippen molar-refractivity contribution in [3.05, 3.63) is 30.3 Å². The quantitative estimate of drug-likeness (QED) is 0.810. The predicted molar refractivity (Wildman–Crippen MR) is 60.5 cm³/mol. The molecule has 0 heterocycles.